The number of amides is 1. The van der Waals surface area contributed by atoms with Gasteiger partial charge in [-0.2, -0.15) is 0 Å². The van der Waals surface area contributed by atoms with Crippen LogP contribution in [0.15, 0.2) is 48.5 Å². The van der Waals surface area contributed by atoms with Crippen molar-refractivity contribution >= 4 is 11.6 Å². The van der Waals surface area contributed by atoms with Crippen LogP contribution in [0.3, 0.4) is 0 Å². The highest BCUT2D eigenvalue weighted by atomic mass is 16.6. The summed E-state index contributed by atoms with van der Waals surface area (Å²) in [5.74, 6) is -0.200. The lowest BCUT2D eigenvalue weighted by Crippen LogP contribution is -2.30. The van der Waals surface area contributed by atoms with E-state index >= 15 is 0 Å². The second kappa shape index (κ2) is 6.85. The van der Waals surface area contributed by atoms with Crippen molar-refractivity contribution in [2.24, 2.45) is 0 Å². The molecular weight excluding hydrogens is 280 g/mol. The lowest BCUT2D eigenvalue weighted by molar-refractivity contribution is -0.384. The maximum absolute atomic E-state index is 12.6. The van der Waals surface area contributed by atoms with Crippen LogP contribution < -0.4 is 0 Å². The van der Waals surface area contributed by atoms with E-state index in [1.165, 1.54) is 18.2 Å². The van der Waals surface area contributed by atoms with E-state index < -0.39 is 4.92 Å². The number of carbonyl (C=O) groups excluding carboxylic acids is 1. The smallest absolute Gasteiger partial charge is 0.270 e. The number of carbonyl (C=O) groups is 1. The van der Waals surface area contributed by atoms with Crippen molar-refractivity contribution in [2.45, 2.75) is 20.4 Å². The Bertz CT molecular complexity index is 698. The van der Waals surface area contributed by atoms with Crippen molar-refractivity contribution in [3.05, 3.63) is 75.3 Å². The lowest BCUT2D eigenvalue weighted by Gasteiger charge is -2.22. The van der Waals surface area contributed by atoms with Gasteiger partial charge in [-0.25, -0.2) is 0 Å². The van der Waals surface area contributed by atoms with E-state index in [1.807, 2.05) is 38.1 Å². The molecule has 5 heteroatoms. The zero-order chi connectivity index (χ0) is 16.1. The average Bonchev–Trinajstić information content (AvgIpc) is 2.53. The van der Waals surface area contributed by atoms with Crippen LogP contribution in [0.4, 0.5) is 5.69 Å². The van der Waals surface area contributed by atoms with Gasteiger partial charge >= 0.3 is 0 Å². The van der Waals surface area contributed by atoms with Crippen LogP contribution in [-0.4, -0.2) is 22.3 Å². The van der Waals surface area contributed by atoms with E-state index in [2.05, 4.69) is 0 Å². The molecule has 0 N–H and O–H groups in total. The zero-order valence-corrected chi connectivity index (χ0v) is 12.7. The Morgan fingerprint density at radius 3 is 2.55 bits per heavy atom. The van der Waals surface area contributed by atoms with Crippen LogP contribution in [0, 0.1) is 17.0 Å². The molecule has 5 nitrogen and oxygen atoms in total. The standard InChI is InChI=1S/C17H18N2O3/c1-3-18(12-15-8-5-4-7-13(15)2)17(20)14-9-6-10-16(11-14)19(21)22/h4-11H,3,12H2,1-2H3. The van der Waals surface area contributed by atoms with Gasteiger partial charge in [-0.1, -0.05) is 30.3 Å². The Labute approximate surface area is 129 Å². The van der Waals surface area contributed by atoms with Gasteiger partial charge in [0.15, 0.2) is 0 Å². The Morgan fingerprint density at radius 1 is 1.18 bits per heavy atom. The number of rotatable bonds is 5. The lowest BCUT2D eigenvalue weighted by atomic mass is 10.1. The summed E-state index contributed by atoms with van der Waals surface area (Å²) < 4.78 is 0. The number of benzene rings is 2. The highest BCUT2D eigenvalue weighted by Gasteiger charge is 2.17. The molecule has 0 fully saturated rings. The molecule has 0 aliphatic carbocycles. The molecule has 2 rings (SSSR count). The number of nitro groups is 1. The number of nitro benzene ring substituents is 1. The molecule has 0 atom stereocenters. The molecule has 0 aliphatic rings. The molecule has 2 aromatic rings. The summed E-state index contributed by atoms with van der Waals surface area (Å²) in [6, 6.07) is 13.7. The summed E-state index contributed by atoms with van der Waals surface area (Å²) in [6.07, 6.45) is 0. The molecule has 0 aromatic heterocycles. The van der Waals surface area contributed by atoms with Crippen molar-refractivity contribution in [3.63, 3.8) is 0 Å². The minimum atomic E-state index is -0.492. The Hall–Kier alpha value is -2.69. The Kier molecular flexibility index (Phi) is 4.88. The van der Waals surface area contributed by atoms with Crippen LogP contribution in [0.1, 0.15) is 28.4 Å². The van der Waals surface area contributed by atoms with Crippen LogP contribution in [-0.2, 0) is 6.54 Å². The number of aryl methyl sites for hydroxylation is 1. The van der Waals surface area contributed by atoms with Gasteiger partial charge in [0.25, 0.3) is 11.6 Å². The third-order valence-electron chi connectivity index (χ3n) is 3.60. The van der Waals surface area contributed by atoms with E-state index in [4.69, 9.17) is 0 Å². The van der Waals surface area contributed by atoms with Crippen molar-refractivity contribution in [3.8, 4) is 0 Å². The van der Waals surface area contributed by atoms with Gasteiger partial charge in [0, 0.05) is 30.8 Å². The molecule has 0 spiro atoms. The fraction of sp³-hybridized carbons (Fsp3) is 0.235. The second-order valence-corrected chi connectivity index (χ2v) is 5.05. The molecular formula is C17H18N2O3. The first-order valence-corrected chi connectivity index (χ1v) is 7.11. The first kappa shape index (κ1) is 15.7. The average molecular weight is 298 g/mol. The number of non-ortho nitro benzene ring substituents is 1. The van der Waals surface area contributed by atoms with Crippen LogP contribution in [0.25, 0.3) is 0 Å². The van der Waals surface area contributed by atoms with E-state index in [0.29, 0.717) is 18.7 Å². The normalized spacial score (nSPS) is 10.3. The molecule has 1 amide bonds. The maximum atomic E-state index is 12.6. The topological polar surface area (TPSA) is 63.5 Å². The third-order valence-corrected chi connectivity index (χ3v) is 3.60. The van der Waals surface area contributed by atoms with Crippen molar-refractivity contribution in [2.75, 3.05) is 6.54 Å². The molecule has 0 unspecified atom stereocenters. The predicted molar refractivity (Wildman–Crippen MR) is 84.7 cm³/mol. The Balaban J connectivity index is 2.24. The number of hydrogen-bond acceptors (Lipinski definition) is 3. The van der Waals surface area contributed by atoms with Gasteiger partial charge < -0.3 is 4.90 Å². The fourth-order valence-electron chi connectivity index (χ4n) is 2.26. The highest BCUT2D eigenvalue weighted by molar-refractivity contribution is 5.94. The highest BCUT2D eigenvalue weighted by Crippen LogP contribution is 2.17. The van der Waals surface area contributed by atoms with Crippen molar-refractivity contribution < 1.29 is 9.72 Å². The minimum absolute atomic E-state index is 0.0715. The maximum Gasteiger partial charge on any atom is 0.270 e. The zero-order valence-electron chi connectivity index (χ0n) is 12.7. The third kappa shape index (κ3) is 3.49. The van der Waals surface area contributed by atoms with Crippen molar-refractivity contribution in [1.29, 1.82) is 0 Å². The molecule has 2 aromatic carbocycles. The molecule has 0 radical (unpaired) electrons. The molecule has 0 aliphatic heterocycles. The van der Waals surface area contributed by atoms with Gasteiger partial charge in [0.2, 0.25) is 0 Å². The van der Waals surface area contributed by atoms with E-state index in [9.17, 15) is 14.9 Å². The summed E-state index contributed by atoms with van der Waals surface area (Å²) in [5, 5.41) is 10.8. The number of hydrogen-bond donors (Lipinski definition) is 0. The Morgan fingerprint density at radius 2 is 1.91 bits per heavy atom. The molecule has 22 heavy (non-hydrogen) atoms. The summed E-state index contributed by atoms with van der Waals surface area (Å²) >= 11 is 0. The van der Waals surface area contributed by atoms with Gasteiger partial charge in [0.05, 0.1) is 4.92 Å². The molecule has 0 bridgehead atoms. The summed E-state index contributed by atoms with van der Waals surface area (Å²) in [7, 11) is 0. The van der Waals surface area contributed by atoms with Crippen LogP contribution in [0.2, 0.25) is 0 Å². The van der Waals surface area contributed by atoms with Crippen LogP contribution >= 0.6 is 0 Å². The summed E-state index contributed by atoms with van der Waals surface area (Å²) in [6.45, 7) is 4.93. The first-order valence-electron chi connectivity index (χ1n) is 7.11. The van der Waals surface area contributed by atoms with E-state index in [1.54, 1.807) is 11.0 Å². The molecule has 0 saturated heterocycles. The van der Waals surface area contributed by atoms with Gasteiger partial charge in [0.1, 0.15) is 0 Å². The molecule has 114 valence electrons. The summed E-state index contributed by atoms with van der Waals surface area (Å²) in [5.41, 5.74) is 2.46. The molecule has 0 heterocycles. The number of nitrogens with zero attached hydrogens (tertiary/aromatic N) is 2. The van der Waals surface area contributed by atoms with Crippen molar-refractivity contribution in [1.82, 2.24) is 4.90 Å². The fourth-order valence-corrected chi connectivity index (χ4v) is 2.26. The van der Waals surface area contributed by atoms with Gasteiger partial charge in [-0.3, -0.25) is 14.9 Å². The van der Waals surface area contributed by atoms with Crippen LogP contribution in [0.5, 0.6) is 0 Å². The van der Waals surface area contributed by atoms with Gasteiger partial charge in [-0.05, 0) is 31.0 Å². The minimum Gasteiger partial charge on any atom is -0.335 e. The monoisotopic (exact) mass is 298 g/mol. The van der Waals surface area contributed by atoms with E-state index in [-0.39, 0.29) is 11.6 Å². The predicted octanol–water partition coefficient (Wildman–Crippen LogP) is 3.57. The quantitative estimate of drug-likeness (QED) is 0.626. The van der Waals surface area contributed by atoms with Gasteiger partial charge in [-0.15, -0.1) is 0 Å². The largest absolute Gasteiger partial charge is 0.335 e. The molecule has 0 saturated carbocycles. The summed E-state index contributed by atoms with van der Waals surface area (Å²) in [4.78, 5) is 24.6. The SMILES string of the molecule is CCN(Cc1ccccc1C)C(=O)c1cccc([N+](=O)[O-])c1. The second-order valence-electron chi connectivity index (χ2n) is 5.05. The first-order chi connectivity index (χ1) is 10.5. The van der Waals surface area contributed by atoms with E-state index in [0.717, 1.165) is 11.1 Å².